The fraction of sp³-hybridized carbons (Fsp3) is 0.600. The maximum Gasteiger partial charge on any atom is 0.255 e. The molecule has 0 spiro atoms. The maximum atomic E-state index is 12.7. The molecule has 0 aromatic heterocycles. The summed E-state index contributed by atoms with van der Waals surface area (Å²) in [4.78, 5) is 26.9. The van der Waals surface area contributed by atoms with Crippen molar-refractivity contribution in [2.75, 3.05) is 19.6 Å². The first kappa shape index (κ1) is 19.2. The van der Waals surface area contributed by atoms with Gasteiger partial charge in [0.25, 0.3) is 5.91 Å². The fourth-order valence-corrected chi connectivity index (χ4v) is 4.41. The Balaban J connectivity index is 1.60. The number of amides is 2. The summed E-state index contributed by atoms with van der Waals surface area (Å²) >= 11 is 6.16. The zero-order chi connectivity index (χ0) is 18.7. The van der Waals surface area contributed by atoms with Crippen molar-refractivity contribution >= 4 is 23.4 Å². The van der Waals surface area contributed by atoms with Gasteiger partial charge in [0.1, 0.15) is 0 Å². The lowest BCUT2D eigenvalue weighted by molar-refractivity contribution is -0.122. The monoisotopic (exact) mass is 377 g/mol. The van der Waals surface area contributed by atoms with Crippen LogP contribution < -0.4 is 10.6 Å². The number of hydrogen-bond donors (Lipinski definition) is 2. The number of carbonyl (C=O) groups is 2. The predicted molar refractivity (Wildman–Crippen MR) is 103 cm³/mol. The molecule has 1 aromatic carbocycles. The molecule has 1 atom stereocenters. The minimum absolute atomic E-state index is 0.00159. The molecule has 2 N–H and O–H groups in total. The number of rotatable bonds is 5. The van der Waals surface area contributed by atoms with Gasteiger partial charge in [0.05, 0.1) is 16.6 Å². The SMILES string of the molecule is CCC1(CC)CNC(=O)C1NC1CCN(C(=O)c2ccccc2Cl)CC1. The second-order valence-electron chi connectivity index (χ2n) is 7.43. The van der Waals surface area contributed by atoms with Crippen molar-refractivity contribution in [3.05, 3.63) is 34.9 Å². The zero-order valence-corrected chi connectivity index (χ0v) is 16.3. The van der Waals surface area contributed by atoms with E-state index in [-0.39, 0.29) is 29.3 Å². The Hall–Kier alpha value is -1.59. The van der Waals surface area contributed by atoms with Crippen LogP contribution in [-0.2, 0) is 4.79 Å². The molecule has 2 aliphatic heterocycles. The molecule has 2 heterocycles. The van der Waals surface area contributed by atoms with E-state index in [1.165, 1.54) is 0 Å². The van der Waals surface area contributed by atoms with E-state index in [9.17, 15) is 9.59 Å². The molecular weight excluding hydrogens is 350 g/mol. The van der Waals surface area contributed by atoms with Crippen molar-refractivity contribution in [1.29, 1.82) is 0 Å². The lowest BCUT2D eigenvalue weighted by Gasteiger charge is -2.38. The highest BCUT2D eigenvalue weighted by Crippen LogP contribution is 2.34. The molecule has 5 nitrogen and oxygen atoms in total. The van der Waals surface area contributed by atoms with Crippen LogP contribution in [0.5, 0.6) is 0 Å². The van der Waals surface area contributed by atoms with Crippen LogP contribution >= 0.6 is 11.6 Å². The summed E-state index contributed by atoms with van der Waals surface area (Å²) in [6.45, 7) is 6.43. The van der Waals surface area contributed by atoms with Gasteiger partial charge in [0.15, 0.2) is 0 Å². The minimum Gasteiger partial charge on any atom is -0.354 e. The Morgan fingerprint density at radius 2 is 1.92 bits per heavy atom. The summed E-state index contributed by atoms with van der Waals surface area (Å²) in [5, 5.41) is 7.12. The lowest BCUT2D eigenvalue weighted by Crippen LogP contribution is -2.54. The summed E-state index contributed by atoms with van der Waals surface area (Å²) in [7, 11) is 0. The number of nitrogens with one attached hydrogen (secondary N) is 2. The first-order valence-corrected chi connectivity index (χ1v) is 9.96. The van der Waals surface area contributed by atoms with Crippen LogP contribution in [0.15, 0.2) is 24.3 Å². The van der Waals surface area contributed by atoms with Crippen molar-refractivity contribution in [1.82, 2.24) is 15.5 Å². The van der Waals surface area contributed by atoms with Crippen LogP contribution in [0.2, 0.25) is 5.02 Å². The average molecular weight is 378 g/mol. The summed E-state index contributed by atoms with van der Waals surface area (Å²) in [6, 6.07) is 7.31. The largest absolute Gasteiger partial charge is 0.354 e. The number of hydrogen-bond acceptors (Lipinski definition) is 3. The van der Waals surface area contributed by atoms with Crippen molar-refractivity contribution < 1.29 is 9.59 Å². The second kappa shape index (κ2) is 7.97. The van der Waals surface area contributed by atoms with E-state index in [2.05, 4.69) is 24.5 Å². The third kappa shape index (κ3) is 3.60. The molecule has 0 aliphatic carbocycles. The smallest absolute Gasteiger partial charge is 0.255 e. The molecule has 1 unspecified atom stereocenters. The molecule has 2 saturated heterocycles. The molecule has 2 amide bonds. The highest BCUT2D eigenvalue weighted by molar-refractivity contribution is 6.33. The maximum absolute atomic E-state index is 12.7. The standard InChI is InChI=1S/C20H28ClN3O2/c1-3-20(4-2)13-22-18(25)17(20)23-14-9-11-24(12-10-14)19(26)15-7-5-6-8-16(15)21/h5-8,14,17,23H,3-4,9-13H2,1-2H3,(H,22,25). The van der Waals surface area contributed by atoms with E-state index in [1.54, 1.807) is 12.1 Å². The summed E-state index contributed by atoms with van der Waals surface area (Å²) in [5.41, 5.74) is 0.563. The van der Waals surface area contributed by atoms with Crippen molar-refractivity contribution in [2.45, 2.75) is 51.6 Å². The lowest BCUT2D eigenvalue weighted by atomic mass is 9.77. The summed E-state index contributed by atoms with van der Waals surface area (Å²) < 4.78 is 0. The van der Waals surface area contributed by atoms with Gasteiger partial charge in [0.2, 0.25) is 5.91 Å². The van der Waals surface area contributed by atoms with E-state index < -0.39 is 0 Å². The number of likely N-dealkylation sites (tertiary alicyclic amines) is 1. The number of piperidine rings is 1. The Morgan fingerprint density at radius 3 is 2.54 bits per heavy atom. The Morgan fingerprint density at radius 1 is 1.27 bits per heavy atom. The van der Waals surface area contributed by atoms with Crippen LogP contribution in [-0.4, -0.2) is 48.4 Å². The minimum atomic E-state index is -0.131. The molecule has 0 bridgehead atoms. The van der Waals surface area contributed by atoms with E-state index >= 15 is 0 Å². The summed E-state index contributed by atoms with van der Waals surface area (Å²) in [5.74, 6) is 0.104. The second-order valence-corrected chi connectivity index (χ2v) is 7.84. The molecule has 2 fully saturated rings. The normalized spacial score (nSPS) is 23.1. The van der Waals surface area contributed by atoms with E-state index in [4.69, 9.17) is 11.6 Å². The zero-order valence-electron chi connectivity index (χ0n) is 15.6. The van der Waals surface area contributed by atoms with Crippen LogP contribution in [0.25, 0.3) is 0 Å². The molecule has 142 valence electrons. The molecule has 2 aliphatic rings. The van der Waals surface area contributed by atoms with E-state index in [0.717, 1.165) is 32.2 Å². The molecule has 3 rings (SSSR count). The van der Waals surface area contributed by atoms with Crippen molar-refractivity contribution in [3.8, 4) is 0 Å². The molecule has 0 saturated carbocycles. The summed E-state index contributed by atoms with van der Waals surface area (Å²) in [6.07, 6.45) is 3.65. The van der Waals surface area contributed by atoms with Gasteiger partial charge in [-0.2, -0.15) is 0 Å². The van der Waals surface area contributed by atoms with Gasteiger partial charge in [-0.1, -0.05) is 37.6 Å². The predicted octanol–water partition coefficient (Wildman–Crippen LogP) is 2.84. The Kier molecular flexibility index (Phi) is 5.88. The van der Waals surface area contributed by atoms with Crippen molar-refractivity contribution in [3.63, 3.8) is 0 Å². The Labute approximate surface area is 160 Å². The number of benzene rings is 1. The van der Waals surface area contributed by atoms with Gasteiger partial charge < -0.3 is 15.5 Å². The average Bonchev–Trinajstić information content (AvgIpc) is 2.98. The van der Waals surface area contributed by atoms with Gasteiger partial charge in [0, 0.05) is 31.1 Å². The van der Waals surface area contributed by atoms with Gasteiger partial charge in [-0.15, -0.1) is 0 Å². The highest BCUT2D eigenvalue weighted by atomic mass is 35.5. The van der Waals surface area contributed by atoms with Crippen LogP contribution in [0.4, 0.5) is 0 Å². The topological polar surface area (TPSA) is 61.4 Å². The first-order valence-electron chi connectivity index (χ1n) is 9.58. The van der Waals surface area contributed by atoms with E-state index in [0.29, 0.717) is 23.7 Å². The van der Waals surface area contributed by atoms with Crippen LogP contribution in [0.1, 0.15) is 49.9 Å². The molecular formula is C20H28ClN3O2. The fourth-order valence-electron chi connectivity index (χ4n) is 4.20. The third-order valence-electron chi connectivity index (χ3n) is 6.19. The van der Waals surface area contributed by atoms with Gasteiger partial charge in [-0.3, -0.25) is 9.59 Å². The molecule has 26 heavy (non-hydrogen) atoms. The van der Waals surface area contributed by atoms with E-state index in [1.807, 2.05) is 17.0 Å². The molecule has 0 radical (unpaired) electrons. The van der Waals surface area contributed by atoms with Gasteiger partial charge >= 0.3 is 0 Å². The quantitative estimate of drug-likeness (QED) is 0.829. The van der Waals surface area contributed by atoms with Gasteiger partial charge in [-0.05, 0) is 37.8 Å². The van der Waals surface area contributed by atoms with Crippen LogP contribution in [0.3, 0.4) is 0 Å². The van der Waals surface area contributed by atoms with Crippen LogP contribution in [0, 0.1) is 5.41 Å². The van der Waals surface area contributed by atoms with Gasteiger partial charge in [-0.25, -0.2) is 0 Å². The highest BCUT2D eigenvalue weighted by Gasteiger charge is 2.46. The molecule has 1 aromatic rings. The number of carbonyl (C=O) groups excluding carboxylic acids is 2. The number of halogens is 1. The molecule has 6 heteroatoms. The first-order chi connectivity index (χ1) is 12.5. The third-order valence-corrected chi connectivity index (χ3v) is 6.52. The number of nitrogens with zero attached hydrogens (tertiary/aromatic N) is 1. The Bertz CT molecular complexity index is 667. The van der Waals surface area contributed by atoms with Crippen molar-refractivity contribution in [2.24, 2.45) is 5.41 Å².